The molecule has 3 N–H and O–H groups in total. The summed E-state index contributed by atoms with van der Waals surface area (Å²) in [7, 11) is 0. The summed E-state index contributed by atoms with van der Waals surface area (Å²) in [5.41, 5.74) is 5.74. The maximum atomic E-state index is 13.3. The number of hydrogen-bond donors (Lipinski definition) is 3. The number of amides is 1. The fourth-order valence-electron chi connectivity index (χ4n) is 3.44. The van der Waals surface area contributed by atoms with Crippen LogP contribution in [0.15, 0.2) is 114 Å². The van der Waals surface area contributed by atoms with Crippen LogP contribution in [0, 0.1) is 0 Å². The Hall–Kier alpha value is -3.67. The average Bonchev–Trinajstić information content (AvgIpc) is 3.35. The second kappa shape index (κ2) is 8.78. The van der Waals surface area contributed by atoms with E-state index < -0.39 is 17.6 Å². The maximum absolute atomic E-state index is 13.3. The molecule has 0 spiro atoms. The van der Waals surface area contributed by atoms with Gasteiger partial charge in [0.2, 0.25) is 0 Å². The molecule has 1 heterocycles. The van der Waals surface area contributed by atoms with E-state index in [2.05, 4.69) is 10.9 Å². The minimum atomic E-state index is -1.86. The summed E-state index contributed by atoms with van der Waals surface area (Å²) in [5.74, 6) is 0.0526. The number of aliphatic hydroxyl groups is 1. The molecule has 0 saturated carbocycles. The van der Waals surface area contributed by atoms with Crippen LogP contribution in [0.3, 0.4) is 0 Å². The molecule has 5 nitrogen and oxygen atoms in total. The lowest BCUT2D eigenvalue weighted by atomic mass is 9.85. The third-order valence-corrected chi connectivity index (χ3v) is 5.00. The predicted molar refractivity (Wildman–Crippen MR) is 114 cm³/mol. The number of benzene rings is 3. The molecule has 4 rings (SSSR count). The normalized spacial score (nSPS) is 12.3. The molecule has 0 bridgehead atoms. The van der Waals surface area contributed by atoms with Crippen molar-refractivity contribution >= 4 is 5.91 Å². The Bertz CT molecular complexity index is 1030. The first-order chi connectivity index (χ1) is 14.7. The molecule has 5 heteroatoms. The van der Waals surface area contributed by atoms with E-state index in [-0.39, 0.29) is 0 Å². The predicted octanol–water partition coefficient (Wildman–Crippen LogP) is 3.93. The van der Waals surface area contributed by atoms with Crippen molar-refractivity contribution in [2.24, 2.45) is 0 Å². The minimum absolute atomic E-state index is 0.416. The van der Waals surface area contributed by atoms with Crippen molar-refractivity contribution in [1.29, 1.82) is 0 Å². The largest absolute Gasteiger partial charge is 0.467 e. The molecule has 1 atom stereocenters. The van der Waals surface area contributed by atoms with Crippen LogP contribution in [0.4, 0.5) is 0 Å². The van der Waals surface area contributed by atoms with E-state index in [4.69, 9.17) is 4.42 Å². The molecule has 0 fully saturated rings. The van der Waals surface area contributed by atoms with Gasteiger partial charge < -0.3 is 9.52 Å². The van der Waals surface area contributed by atoms with Crippen molar-refractivity contribution < 1.29 is 14.3 Å². The van der Waals surface area contributed by atoms with E-state index in [1.807, 2.05) is 48.5 Å². The highest BCUT2D eigenvalue weighted by molar-refractivity contribution is 5.89. The molecular formula is C25H22N2O3. The van der Waals surface area contributed by atoms with Gasteiger partial charge in [0.25, 0.3) is 5.91 Å². The highest BCUT2D eigenvalue weighted by Crippen LogP contribution is 2.30. The molecule has 0 aliphatic heterocycles. The summed E-state index contributed by atoms with van der Waals surface area (Å²) >= 11 is 0. The average molecular weight is 398 g/mol. The Morgan fingerprint density at radius 3 is 1.80 bits per heavy atom. The van der Waals surface area contributed by atoms with Crippen LogP contribution in [0.2, 0.25) is 0 Å². The van der Waals surface area contributed by atoms with Crippen molar-refractivity contribution in [2.45, 2.75) is 11.6 Å². The first-order valence-electron chi connectivity index (χ1n) is 9.67. The quantitative estimate of drug-likeness (QED) is 0.413. The van der Waals surface area contributed by atoms with Crippen molar-refractivity contribution in [3.05, 3.63) is 132 Å². The van der Waals surface area contributed by atoms with Crippen molar-refractivity contribution in [1.82, 2.24) is 10.9 Å². The number of nitrogens with one attached hydrogen (secondary N) is 2. The van der Waals surface area contributed by atoms with Gasteiger partial charge in [-0.2, -0.15) is 0 Å². The fraction of sp³-hybridized carbons (Fsp3) is 0.0800. The fourth-order valence-corrected chi connectivity index (χ4v) is 3.44. The summed E-state index contributed by atoms with van der Waals surface area (Å²) in [6, 6.07) is 30.6. The standard InChI is InChI=1S/C25H22N2O3/c28-24(25(29,20-13-6-2-7-14-20)21-15-8-3-9-16-21)27-26-23(22-17-10-18-30-22)19-11-4-1-5-12-19/h1-18,23,26,29H,(H,27,28). The molecule has 0 aliphatic carbocycles. The van der Waals surface area contributed by atoms with Crippen molar-refractivity contribution in [2.75, 3.05) is 0 Å². The molecule has 0 radical (unpaired) electrons. The number of rotatable bonds is 7. The molecule has 0 saturated heterocycles. The van der Waals surface area contributed by atoms with Crippen LogP contribution in [0.1, 0.15) is 28.5 Å². The van der Waals surface area contributed by atoms with Crippen LogP contribution in [0.25, 0.3) is 0 Å². The summed E-state index contributed by atoms with van der Waals surface area (Å²) in [5, 5.41) is 11.6. The van der Waals surface area contributed by atoms with Gasteiger partial charge in [0, 0.05) is 0 Å². The van der Waals surface area contributed by atoms with E-state index in [9.17, 15) is 9.90 Å². The van der Waals surface area contributed by atoms with Gasteiger partial charge in [-0.25, -0.2) is 5.43 Å². The minimum Gasteiger partial charge on any atom is -0.467 e. The Balaban J connectivity index is 1.64. The summed E-state index contributed by atoms with van der Waals surface area (Å²) in [6.45, 7) is 0. The number of carbonyl (C=O) groups excluding carboxylic acids is 1. The van der Waals surface area contributed by atoms with Gasteiger partial charge in [-0.05, 0) is 28.8 Å². The number of hydrogen-bond acceptors (Lipinski definition) is 4. The molecular weight excluding hydrogens is 376 g/mol. The molecule has 4 aromatic rings. The zero-order valence-corrected chi connectivity index (χ0v) is 16.2. The third-order valence-electron chi connectivity index (χ3n) is 5.00. The van der Waals surface area contributed by atoms with E-state index in [0.717, 1.165) is 5.56 Å². The molecule has 3 aromatic carbocycles. The van der Waals surface area contributed by atoms with Crippen LogP contribution in [-0.2, 0) is 10.4 Å². The van der Waals surface area contributed by atoms with E-state index >= 15 is 0 Å². The molecule has 0 aliphatic rings. The lowest BCUT2D eigenvalue weighted by Crippen LogP contribution is -2.51. The SMILES string of the molecule is O=C(NNC(c1ccccc1)c1ccco1)C(O)(c1ccccc1)c1ccccc1. The van der Waals surface area contributed by atoms with Gasteiger partial charge in [-0.1, -0.05) is 91.0 Å². The van der Waals surface area contributed by atoms with Gasteiger partial charge in [0.05, 0.1) is 6.26 Å². The molecule has 150 valence electrons. The smallest absolute Gasteiger partial charge is 0.275 e. The van der Waals surface area contributed by atoms with Gasteiger partial charge in [0.15, 0.2) is 5.60 Å². The van der Waals surface area contributed by atoms with E-state index in [1.165, 1.54) is 0 Å². The number of furan rings is 1. The zero-order valence-electron chi connectivity index (χ0n) is 16.2. The Labute approximate surface area is 175 Å². The van der Waals surface area contributed by atoms with Gasteiger partial charge >= 0.3 is 0 Å². The Kier molecular flexibility index (Phi) is 5.75. The lowest BCUT2D eigenvalue weighted by Gasteiger charge is -2.29. The van der Waals surface area contributed by atoms with Crippen LogP contribution in [-0.4, -0.2) is 11.0 Å². The summed E-state index contributed by atoms with van der Waals surface area (Å²) in [6.07, 6.45) is 1.58. The van der Waals surface area contributed by atoms with Crippen molar-refractivity contribution in [3.8, 4) is 0 Å². The van der Waals surface area contributed by atoms with Gasteiger partial charge in [0.1, 0.15) is 11.8 Å². The van der Waals surface area contributed by atoms with Gasteiger partial charge in [-0.15, -0.1) is 0 Å². The van der Waals surface area contributed by atoms with E-state index in [1.54, 1.807) is 60.9 Å². The molecule has 30 heavy (non-hydrogen) atoms. The summed E-state index contributed by atoms with van der Waals surface area (Å²) in [4.78, 5) is 13.3. The molecule has 1 aromatic heterocycles. The zero-order chi connectivity index (χ0) is 20.8. The molecule has 1 amide bonds. The lowest BCUT2D eigenvalue weighted by molar-refractivity contribution is -0.138. The second-order valence-electron chi connectivity index (χ2n) is 6.90. The van der Waals surface area contributed by atoms with Crippen LogP contribution < -0.4 is 10.9 Å². The Morgan fingerprint density at radius 1 is 0.767 bits per heavy atom. The summed E-state index contributed by atoms with van der Waals surface area (Å²) < 4.78 is 5.56. The monoisotopic (exact) mass is 398 g/mol. The maximum Gasteiger partial charge on any atom is 0.275 e. The highest BCUT2D eigenvalue weighted by Gasteiger charge is 2.40. The topological polar surface area (TPSA) is 74.5 Å². The van der Waals surface area contributed by atoms with E-state index in [0.29, 0.717) is 16.9 Å². The van der Waals surface area contributed by atoms with Crippen molar-refractivity contribution in [3.63, 3.8) is 0 Å². The Morgan fingerprint density at radius 2 is 1.30 bits per heavy atom. The highest BCUT2D eigenvalue weighted by atomic mass is 16.3. The first kappa shape index (κ1) is 19.6. The van der Waals surface area contributed by atoms with Gasteiger partial charge in [-0.3, -0.25) is 10.2 Å². The number of carbonyl (C=O) groups is 1. The van der Waals surface area contributed by atoms with Crippen LogP contribution in [0.5, 0.6) is 0 Å². The third kappa shape index (κ3) is 3.89. The second-order valence-corrected chi connectivity index (χ2v) is 6.90. The number of hydrazine groups is 1. The van der Waals surface area contributed by atoms with Crippen LogP contribution >= 0.6 is 0 Å². The first-order valence-corrected chi connectivity index (χ1v) is 9.67. The molecule has 1 unspecified atom stereocenters.